The molecule has 1 saturated heterocycles. The lowest BCUT2D eigenvalue weighted by Crippen LogP contribution is -2.23. The number of furan rings is 1. The van der Waals surface area contributed by atoms with E-state index in [1.807, 2.05) is 12.3 Å². The monoisotopic (exact) mass is 383 g/mol. The number of rotatable bonds is 2. The van der Waals surface area contributed by atoms with Crippen LogP contribution >= 0.6 is 39.0 Å². The highest BCUT2D eigenvalue weighted by atomic mass is 79.9. The predicted octanol–water partition coefficient (Wildman–Crippen LogP) is 4.04. The number of amides is 1. The largest absolute Gasteiger partial charge is 0.450 e. The van der Waals surface area contributed by atoms with Gasteiger partial charge in [0, 0.05) is 18.5 Å². The van der Waals surface area contributed by atoms with Crippen LogP contribution in [-0.4, -0.2) is 28.0 Å². The molecule has 1 amide bonds. The van der Waals surface area contributed by atoms with Crippen LogP contribution in [0, 0.1) is 6.92 Å². The fraction of sp³-hybridized carbons (Fsp3) is 0.154. The fourth-order valence-corrected chi connectivity index (χ4v) is 3.65. The zero-order valence-corrected chi connectivity index (χ0v) is 14.4. The second-order valence-corrected chi connectivity index (χ2v) is 6.91. The molecule has 0 radical (unpaired) electrons. The first-order chi connectivity index (χ1) is 10.0. The van der Waals surface area contributed by atoms with E-state index < -0.39 is 0 Å². The summed E-state index contributed by atoms with van der Waals surface area (Å²) in [4.78, 5) is 23.0. The van der Waals surface area contributed by atoms with E-state index >= 15 is 0 Å². The van der Waals surface area contributed by atoms with Crippen molar-refractivity contribution in [3.05, 3.63) is 38.5 Å². The molecular weight excluding hydrogens is 374 g/mol. The average Bonchev–Trinajstić information content (AvgIpc) is 3.09. The summed E-state index contributed by atoms with van der Waals surface area (Å²) in [7, 11) is 1.70. The van der Waals surface area contributed by atoms with Crippen LogP contribution in [0.5, 0.6) is 0 Å². The summed E-state index contributed by atoms with van der Waals surface area (Å²) in [5.74, 6) is 0.525. The van der Waals surface area contributed by atoms with Crippen LogP contribution in [0.1, 0.15) is 11.5 Å². The molecule has 0 N–H and O–H groups in total. The standard InChI is InChI=1S/C13H10BrN3O2S2/c1-7-6-20-12(15-7)16-13-17(2)11(18)9(21-13)5-8-3-4-10(14)19-8/h3-6H,1-2H3/b9-5+,16-13+. The molecule has 3 heterocycles. The van der Waals surface area contributed by atoms with Crippen molar-refractivity contribution in [3.63, 3.8) is 0 Å². The van der Waals surface area contributed by atoms with Gasteiger partial charge in [0.2, 0.25) is 5.13 Å². The van der Waals surface area contributed by atoms with Crippen LogP contribution in [0.25, 0.3) is 6.08 Å². The van der Waals surface area contributed by atoms with E-state index in [0.717, 1.165) is 5.69 Å². The van der Waals surface area contributed by atoms with E-state index in [1.165, 1.54) is 28.0 Å². The molecule has 1 aliphatic rings. The molecule has 2 aromatic rings. The lowest BCUT2D eigenvalue weighted by Gasteiger charge is -2.05. The molecule has 1 aliphatic heterocycles. The topological polar surface area (TPSA) is 58.7 Å². The third-order valence-corrected chi connectivity index (χ3v) is 5.01. The molecule has 108 valence electrons. The molecule has 0 aliphatic carbocycles. The summed E-state index contributed by atoms with van der Waals surface area (Å²) in [6, 6.07) is 3.58. The summed E-state index contributed by atoms with van der Waals surface area (Å²) in [5.41, 5.74) is 0.924. The van der Waals surface area contributed by atoms with E-state index in [-0.39, 0.29) is 5.91 Å². The van der Waals surface area contributed by atoms with Gasteiger partial charge in [-0.2, -0.15) is 4.99 Å². The number of carbonyl (C=O) groups excluding carboxylic acids is 1. The summed E-state index contributed by atoms with van der Waals surface area (Å²) < 4.78 is 6.02. The van der Waals surface area contributed by atoms with Gasteiger partial charge in [0.15, 0.2) is 9.84 Å². The first kappa shape index (κ1) is 14.6. The van der Waals surface area contributed by atoms with E-state index in [2.05, 4.69) is 25.9 Å². The highest BCUT2D eigenvalue weighted by Gasteiger charge is 2.30. The molecule has 1 fully saturated rings. The molecule has 5 nitrogen and oxygen atoms in total. The van der Waals surface area contributed by atoms with E-state index in [0.29, 0.717) is 25.6 Å². The molecular formula is C13H10BrN3O2S2. The van der Waals surface area contributed by atoms with Crippen LogP contribution in [0.2, 0.25) is 0 Å². The number of aromatic nitrogens is 1. The van der Waals surface area contributed by atoms with E-state index in [4.69, 9.17) is 4.42 Å². The van der Waals surface area contributed by atoms with Crippen molar-refractivity contribution in [1.82, 2.24) is 9.88 Å². The van der Waals surface area contributed by atoms with Gasteiger partial charge in [0.25, 0.3) is 5.91 Å². The van der Waals surface area contributed by atoms with Crippen LogP contribution in [0.4, 0.5) is 5.13 Å². The molecule has 0 spiro atoms. The molecule has 8 heteroatoms. The summed E-state index contributed by atoms with van der Waals surface area (Å²) >= 11 is 6.01. The first-order valence-corrected chi connectivity index (χ1v) is 8.45. The highest BCUT2D eigenvalue weighted by molar-refractivity contribution is 9.10. The van der Waals surface area contributed by atoms with Gasteiger partial charge in [0.1, 0.15) is 5.76 Å². The van der Waals surface area contributed by atoms with Crippen LogP contribution in [0.15, 0.2) is 36.5 Å². The second-order valence-electron chi connectivity index (χ2n) is 4.28. The van der Waals surface area contributed by atoms with Crippen molar-refractivity contribution in [1.29, 1.82) is 0 Å². The third-order valence-electron chi connectivity index (χ3n) is 2.67. The number of nitrogens with zero attached hydrogens (tertiary/aromatic N) is 3. The zero-order valence-electron chi connectivity index (χ0n) is 11.2. The fourth-order valence-electron chi connectivity index (χ4n) is 1.66. The summed E-state index contributed by atoms with van der Waals surface area (Å²) in [6.07, 6.45) is 1.71. The van der Waals surface area contributed by atoms with Gasteiger partial charge in [-0.25, -0.2) is 4.98 Å². The Hall–Kier alpha value is -1.38. The van der Waals surface area contributed by atoms with Gasteiger partial charge in [-0.05, 0) is 46.7 Å². The van der Waals surface area contributed by atoms with E-state index in [1.54, 1.807) is 25.3 Å². The number of thioether (sulfide) groups is 1. The average molecular weight is 384 g/mol. The van der Waals surface area contributed by atoms with Gasteiger partial charge >= 0.3 is 0 Å². The molecule has 0 aromatic carbocycles. The Morgan fingerprint density at radius 1 is 1.48 bits per heavy atom. The lowest BCUT2D eigenvalue weighted by atomic mass is 10.4. The van der Waals surface area contributed by atoms with Gasteiger partial charge in [-0.3, -0.25) is 9.69 Å². The maximum absolute atomic E-state index is 12.2. The molecule has 0 bridgehead atoms. The third kappa shape index (κ3) is 3.12. The van der Waals surface area contributed by atoms with Gasteiger partial charge in [-0.15, -0.1) is 11.3 Å². The Balaban J connectivity index is 1.88. The molecule has 0 atom stereocenters. The number of halogens is 1. The predicted molar refractivity (Wildman–Crippen MR) is 88.7 cm³/mol. The van der Waals surface area contributed by atoms with Crippen molar-refractivity contribution in [2.75, 3.05) is 7.05 Å². The number of amidine groups is 1. The Bertz CT molecular complexity index is 763. The minimum absolute atomic E-state index is 0.0976. The lowest BCUT2D eigenvalue weighted by molar-refractivity contribution is -0.121. The normalized spacial score (nSPS) is 19.2. The first-order valence-electron chi connectivity index (χ1n) is 5.96. The Morgan fingerprint density at radius 2 is 2.29 bits per heavy atom. The van der Waals surface area contributed by atoms with Gasteiger partial charge < -0.3 is 4.42 Å². The number of likely N-dealkylation sites (N-methyl/N-ethyl adjacent to an activating group) is 1. The second kappa shape index (κ2) is 5.78. The van der Waals surface area contributed by atoms with Gasteiger partial charge in [0.05, 0.1) is 10.6 Å². The quantitative estimate of drug-likeness (QED) is 0.734. The van der Waals surface area contributed by atoms with E-state index in [9.17, 15) is 4.79 Å². The SMILES string of the molecule is Cc1csc(/N=C2/S/C(=C/c3ccc(Br)o3)C(=O)N2C)n1. The van der Waals surface area contributed by atoms with Crippen LogP contribution in [-0.2, 0) is 4.79 Å². The van der Waals surface area contributed by atoms with Crippen molar-refractivity contribution < 1.29 is 9.21 Å². The van der Waals surface area contributed by atoms with Crippen molar-refractivity contribution >= 4 is 61.3 Å². The highest BCUT2D eigenvalue weighted by Crippen LogP contribution is 2.34. The summed E-state index contributed by atoms with van der Waals surface area (Å²) in [6.45, 7) is 1.91. The molecule has 21 heavy (non-hydrogen) atoms. The number of carbonyl (C=O) groups is 1. The minimum atomic E-state index is -0.0976. The molecule has 0 saturated carbocycles. The zero-order chi connectivity index (χ0) is 15.0. The number of hydrogen-bond acceptors (Lipinski definition) is 6. The van der Waals surface area contributed by atoms with Crippen LogP contribution < -0.4 is 0 Å². The molecule has 2 aromatic heterocycles. The smallest absolute Gasteiger partial charge is 0.266 e. The number of thiazole rings is 1. The number of aryl methyl sites for hydroxylation is 1. The Kier molecular flexibility index (Phi) is 4.01. The van der Waals surface area contributed by atoms with Crippen molar-refractivity contribution in [3.8, 4) is 0 Å². The molecule has 0 unspecified atom stereocenters. The number of hydrogen-bond donors (Lipinski definition) is 0. The maximum Gasteiger partial charge on any atom is 0.266 e. The van der Waals surface area contributed by atoms with Gasteiger partial charge in [-0.1, -0.05) is 0 Å². The van der Waals surface area contributed by atoms with Crippen molar-refractivity contribution in [2.24, 2.45) is 4.99 Å². The van der Waals surface area contributed by atoms with Crippen LogP contribution in [0.3, 0.4) is 0 Å². The summed E-state index contributed by atoms with van der Waals surface area (Å²) in [5, 5.41) is 3.20. The number of aliphatic imine (C=N–C) groups is 1. The minimum Gasteiger partial charge on any atom is -0.450 e. The maximum atomic E-state index is 12.2. The Morgan fingerprint density at radius 3 is 2.90 bits per heavy atom. The molecule has 3 rings (SSSR count). The Labute approximate surface area is 137 Å². The van der Waals surface area contributed by atoms with Crippen molar-refractivity contribution in [2.45, 2.75) is 6.92 Å².